The van der Waals surface area contributed by atoms with E-state index in [1.165, 1.54) is 6.20 Å². The van der Waals surface area contributed by atoms with Crippen molar-refractivity contribution in [3.05, 3.63) is 57.3 Å². The van der Waals surface area contributed by atoms with Crippen LogP contribution in [-0.4, -0.2) is 15.8 Å². The van der Waals surface area contributed by atoms with Crippen LogP contribution in [0.1, 0.15) is 27.2 Å². The van der Waals surface area contributed by atoms with Gasteiger partial charge in [-0.2, -0.15) is 0 Å². The summed E-state index contributed by atoms with van der Waals surface area (Å²) in [4.78, 5) is 27.7. The predicted octanol–water partition coefficient (Wildman–Crippen LogP) is 1.55. The molecule has 16 heavy (non-hydrogen) atoms. The first-order chi connectivity index (χ1) is 7.58. The van der Waals surface area contributed by atoms with E-state index in [9.17, 15) is 9.59 Å². The van der Waals surface area contributed by atoms with Gasteiger partial charge in [0.05, 0.1) is 0 Å². The first-order valence-electron chi connectivity index (χ1n) is 4.97. The van der Waals surface area contributed by atoms with Crippen LogP contribution in [-0.2, 0) is 0 Å². The number of H-pyrrole nitrogens is 2. The smallest absolute Gasteiger partial charge is 0.312 e. The zero-order chi connectivity index (χ0) is 11.7. The van der Waals surface area contributed by atoms with E-state index in [1.807, 2.05) is 26.0 Å². The maximum atomic E-state index is 11.9. The number of nitrogens with one attached hydrogen (secondary N) is 2. The topological polar surface area (TPSA) is 65.7 Å². The van der Waals surface area contributed by atoms with Crippen molar-refractivity contribution in [2.24, 2.45) is 0 Å². The van der Waals surface area contributed by atoms with Crippen LogP contribution in [0.25, 0.3) is 0 Å². The van der Waals surface area contributed by atoms with Crippen molar-refractivity contribution in [2.75, 3.05) is 0 Å². The van der Waals surface area contributed by atoms with Crippen molar-refractivity contribution in [1.82, 2.24) is 9.97 Å². The Morgan fingerprint density at radius 1 is 1.19 bits per heavy atom. The number of carbonyl (C=O) groups is 1. The zero-order valence-electron chi connectivity index (χ0n) is 9.13. The molecule has 0 unspecified atom stereocenters. The highest BCUT2D eigenvalue weighted by Gasteiger charge is 2.11. The summed E-state index contributed by atoms with van der Waals surface area (Å²) < 4.78 is 0. The number of hydrogen-bond donors (Lipinski definition) is 2. The van der Waals surface area contributed by atoms with Gasteiger partial charge in [0, 0.05) is 11.8 Å². The van der Waals surface area contributed by atoms with Crippen molar-refractivity contribution in [2.45, 2.75) is 13.8 Å². The fourth-order valence-electron chi connectivity index (χ4n) is 1.49. The predicted molar refractivity (Wildman–Crippen MR) is 60.8 cm³/mol. The van der Waals surface area contributed by atoms with Crippen LogP contribution in [0, 0.1) is 13.8 Å². The Morgan fingerprint density at radius 2 is 1.94 bits per heavy atom. The average Bonchev–Trinajstić information content (AvgIpc) is 2.68. The van der Waals surface area contributed by atoms with Crippen molar-refractivity contribution in [3.63, 3.8) is 0 Å². The van der Waals surface area contributed by atoms with Crippen molar-refractivity contribution in [3.8, 4) is 0 Å². The van der Waals surface area contributed by atoms with Crippen LogP contribution in [0.5, 0.6) is 0 Å². The summed E-state index contributed by atoms with van der Waals surface area (Å²) >= 11 is 0. The van der Waals surface area contributed by atoms with Gasteiger partial charge >= 0.3 is 5.69 Å². The number of benzene rings is 1. The lowest BCUT2D eigenvalue weighted by Crippen LogP contribution is -2.06. The minimum atomic E-state index is -0.368. The number of ketones is 1. The first-order valence-corrected chi connectivity index (χ1v) is 4.97. The Balaban J connectivity index is 2.41. The second-order valence-electron chi connectivity index (χ2n) is 3.78. The minimum absolute atomic E-state index is 0.179. The quantitative estimate of drug-likeness (QED) is 0.748. The van der Waals surface area contributed by atoms with Gasteiger partial charge in [0.2, 0.25) is 5.78 Å². The number of hydrogen-bond acceptors (Lipinski definition) is 2. The van der Waals surface area contributed by atoms with Crippen LogP contribution < -0.4 is 5.69 Å². The fraction of sp³-hybridized carbons (Fsp3) is 0.167. The molecule has 4 heteroatoms. The lowest BCUT2D eigenvalue weighted by atomic mass is 10.0. The zero-order valence-corrected chi connectivity index (χ0v) is 9.13. The van der Waals surface area contributed by atoms with Gasteiger partial charge in [-0.3, -0.25) is 4.79 Å². The third kappa shape index (κ3) is 1.82. The Morgan fingerprint density at radius 3 is 2.50 bits per heavy atom. The third-order valence-electron chi connectivity index (χ3n) is 2.61. The second-order valence-corrected chi connectivity index (χ2v) is 3.78. The molecule has 0 fully saturated rings. The summed E-state index contributed by atoms with van der Waals surface area (Å²) in [5.41, 5.74) is 2.70. The molecule has 2 N–H and O–H groups in total. The molecule has 0 saturated heterocycles. The molecule has 0 aliphatic rings. The highest BCUT2D eigenvalue weighted by molar-refractivity contribution is 6.07. The van der Waals surface area contributed by atoms with Crippen LogP contribution in [0.3, 0.4) is 0 Å². The number of aryl methyl sites for hydroxylation is 2. The first kappa shape index (κ1) is 10.4. The van der Waals surface area contributed by atoms with Crippen molar-refractivity contribution < 1.29 is 4.79 Å². The number of aromatic nitrogens is 2. The second kappa shape index (κ2) is 3.81. The molecule has 1 aromatic carbocycles. The minimum Gasteiger partial charge on any atom is -0.312 e. The highest BCUT2D eigenvalue weighted by atomic mass is 16.1. The lowest BCUT2D eigenvalue weighted by Gasteiger charge is -2.02. The monoisotopic (exact) mass is 216 g/mol. The molecule has 0 spiro atoms. The van der Waals surface area contributed by atoms with Gasteiger partial charge in [0.15, 0.2) is 0 Å². The normalized spacial score (nSPS) is 10.4. The van der Waals surface area contributed by atoms with Gasteiger partial charge in [-0.1, -0.05) is 12.1 Å². The maximum Gasteiger partial charge on any atom is 0.323 e. The van der Waals surface area contributed by atoms with Gasteiger partial charge in [-0.15, -0.1) is 0 Å². The molecule has 1 heterocycles. The van der Waals surface area contributed by atoms with Crippen LogP contribution >= 0.6 is 0 Å². The molecule has 2 rings (SSSR count). The number of aromatic amines is 2. The van der Waals surface area contributed by atoms with Crippen molar-refractivity contribution in [1.29, 1.82) is 0 Å². The maximum absolute atomic E-state index is 11.9. The van der Waals surface area contributed by atoms with Gasteiger partial charge in [-0.25, -0.2) is 4.79 Å². The summed E-state index contributed by atoms with van der Waals surface area (Å²) in [7, 11) is 0. The molecule has 0 bridgehead atoms. The summed E-state index contributed by atoms with van der Waals surface area (Å²) in [6.45, 7) is 3.94. The highest BCUT2D eigenvalue weighted by Crippen LogP contribution is 2.12. The molecule has 0 aliphatic carbocycles. The molecule has 2 aromatic rings. The molecule has 4 nitrogen and oxygen atoms in total. The van der Waals surface area contributed by atoms with Gasteiger partial charge in [0.1, 0.15) is 5.69 Å². The number of carbonyl (C=O) groups excluding carboxylic acids is 1. The summed E-state index contributed by atoms with van der Waals surface area (Å²) in [5, 5.41) is 0. The van der Waals surface area contributed by atoms with E-state index in [4.69, 9.17) is 0 Å². The van der Waals surface area contributed by atoms with Gasteiger partial charge < -0.3 is 9.97 Å². The largest absolute Gasteiger partial charge is 0.323 e. The molecule has 0 radical (unpaired) electrons. The SMILES string of the molecule is Cc1ccc(C(=O)c2c[nH]c(=O)[nH]2)cc1C. The van der Waals surface area contributed by atoms with Crippen molar-refractivity contribution >= 4 is 5.78 Å². The van der Waals surface area contributed by atoms with E-state index in [1.54, 1.807) is 6.07 Å². The molecule has 0 saturated carbocycles. The molecule has 0 aliphatic heterocycles. The van der Waals surface area contributed by atoms with E-state index in [0.29, 0.717) is 5.56 Å². The van der Waals surface area contributed by atoms with E-state index in [0.717, 1.165) is 11.1 Å². The molecule has 0 atom stereocenters. The molecular weight excluding hydrogens is 204 g/mol. The Labute approximate surface area is 92.3 Å². The standard InChI is InChI=1S/C12H12N2O2/c1-7-3-4-9(5-8(7)2)11(15)10-6-13-12(16)14-10/h3-6H,1-2H3,(H2,13,14,16). The van der Waals surface area contributed by atoms with E-state index in [2.05, 4.69) is 9.97 Å². The number of imidazole rings is 1. The summed E-state index contributed by atoms with van der Waals surface area (Å²) in [6, 6.07) is 5.48. The lowest BCUT2D eigenvalue weighted by molar-refractivity contribution is 0.103. The molecule has 82 valence electrons. The molecule has 0 amide bonds. The summed E-state index contributed by atoms with van der Waals surface area (Å²) in [6.07, 6.45) is 1.39. The van der Waals surface area contributed by atoms with Crippen LogP contribution in [0.2, 0.25) is 0 Å². The van der Waals surface area contributed by atoms with E-state index in [-0.39, 0.29) is 17.2 Å². The van der Waals surface area contributed by atoms with Crippen LogP contribution in [0.15, 0.2) is 29.2 Å². The number of rotatable bonds is 2. The third-order valence-corrected chi connectivity index (χ3v) is 2.61. The Kier molecular flexibility index (Phi) is 2.48. The van der Waals surface area contributed by atoms with Gasteiger partial charge in [0.25, 0.3) is 0 Å². The Bertz CT molecular complexity index is 593. The fourth-order valence-corrected chi connectivity index (χ4v) is 1.49. The van der Waals surface area contributed by atoms with E-state index >= 15 is 0 Å². The Hall–Kier alpha value is -2.10. The van der Waals surface area contributed by atoms with E-state index < -0.39 is 0 Å². The molecule has 1 aromatic heterocycles. The average molecular weight is 216 g/mol. The molecular formula is C12H12N2O2. The summed E-state index contributed by atoms with van der Waals surface area (Å²) in [5.74, 6) is -0.179. The van der Waals surface area contributed by atoms with Crippen LogP contribution in [0.4, 0.5) is 0 Å². The van der Waals surface area contributed by atoms with Gasteiger partial charge in [-0.05, 0) is 31.0 Å².